The molecule has 18 heavy (non-hydrogen) atoms. The number of aromatic nitrogens is 1. The van der Waals surface area contributed by atoms with E-state index in [2.05, 4.69) is 19.2 Å². The Hall–Kier alpha value is -1.81. The third-order valence-electron chi connectivity index (χ3n) is 3.08. The Morgan fingerprint density at radius 2 is 2.17 bits per heavy atom. The van der Waals surface area contributed by atoms with E-state index in [1.54, 1.807) is 12.1 Å². The normalized spacial score (nSPS) is 11.3. The highest BCUT2D eigenvalue weighted by Crippen LogP contribution is 2.22. The summed E-state index contributed by atoms with van der Waals surface area (Å²) >= 11 is 0. The highest BCUT2D eigenvalue weighted by Gasteiger charge is 2.13. The number of aryl methyl sites for hydroxylation is 1. The lowest BCUT2D eigenvalue weighted by molar-refractivity contribution is 0.0698. The molecule has 0 bridgehead atoms. The monoisotopic (exact) mass is 246 g/mol. The van der Waals surface area contributed by atoms with Crippen LogP contribution in [-0.4, -0.2) is 21.7 Å². The van der Waals surface area contributed by atoms with Gasteiger partial charge < -0.3 is 15.0 Å². The number of fused-ring (bicyclic) bond motifs is 1. The van der Waals surface area contributed by atoms with Crippen LogP contribution in [0.4, 0.5) is 0 Å². The summed E-state index contributed by atoms with van der Waals surface area (Å²) in [6, 6.07) is 7.81. The maximum absolute atomic E-state index is 11.2. The molecule has 0 atom stereocenters. The molecule has 0 amide bonds. The van der Waals surface area contributed by atoms with Crippen LogP contribution in [0.25, 0.3) is 10.9 Å². The summed E-state index contributed by atoms with van der Waals surface area (Å²) in [6.45, 7) is 4.92. The van der Waals surface area contributed by atoms with E-state index in [9.17, 15) is 9.90 Å². The standard InChI is InChI=1S/C14H18N2O2/c1-9(2)15-8-11-7-10-5-4-6-12(14(17)18)13(10)16(11)3/h4-7,9,15H,8H2,1-3H3,(H,17,18). The fourth-order valence-corrected chi connectivity index (χ4v) is 2.12. The molecular formula is C14H18N2O2. The number of benzene rings is 1. The highest BCUT2D eigenvalue weighted by atomic mass is 16.4. The largest absolute Gasteiger partial charge is 0.478 e. The summed E-state index contributed by atoms with van der Waals surface area (Å²) in [5, 5.41) is 13.5. The first-order valence-corrected chi connectivity index (χ1v) is 6.04. The Labute approximate surface area is 106 Å². The van der Waals surface area contributed by atoms with Crippen LogP contribution < -0.4 is 5.32 Å². The fraction of sp³-hybridized carbons (Fsp3) is 0.357. The minimum Gasteiger partial charge on any atom is -0.478 e. The van der Waals surface area contributed by atoms with Gasteiger partial charge in [-0.25, -0.2) is 4.79 Å². The number of rotatable bonds is 4. The summed E-state index contributed by atoms with van der Waals surface area (Å²) in [4.78, 5) is 11.2. The van der Waals surface area contributed by atoms with Crippen molar-refractivity contribution in [3.8, 4) is 0 Å². The van der Waals surface area contributed by atoms with Crippen molar-refractivity contribution in [2.75, 3.05) is 0 Å². The van der Waals surface area contributed by atoms with E-state index in [-0.39, 0.29) is 0 Å². The SMILES string of the molecule is CC(C)NCc1cc2cccc(C(=O)O)c2n1C. The van der Waals surface area contributed by atoms with Crippen molar-refractivity contribution in [3.05, 3.63) is 35.5 Å². The van der Waals surface area contributed by atoms with Crippen molar-refractivity contribution in [2.45, 2.75) is 26.4 Å². The second kappa shape index (κ2) is 4.82. The molecule has 0 fully saturated rings. The second-order valence-electron chi connectivity index (χ2n) is 4.78. The van der Waals surface area contributed by atoms with Gasteiger partial charge in [0.2, 0.25) is 0 Å². The number of nitrogens with zero attached hydrogens (tertiary/aromatic N) is 1. The summed E-state index contributed by atoms with van der Waals surface area (Å²) in [5.41, 5.74) is 2.23. The van der Waals surface area contributed by atoms with Crippen LogP contribution in [-0.2, 0) is 13.6 Å². The van der Waals surface area contributed by atoms with Gasteiger partial charge in [-0.1, -0.05) is 26.0 Å². The van der Waals surface area contributed by atoms with E-state index in [1.807, 2.05) is 23.7 Å². The molecule has 4 heteroatoms. The molecule has 2 aromatic rings. The van der Waals surface area contributed by atoms with Crippen LogP contribution in [0.3, 0.4) is 0 Å². The first kappa shape index (κ1) is 12.6. The quantitative estimate of drug-likeness (QED) is 0.870. The molecule has 0 spiro atoms. The molecule has 2 rings (SSSR count). The average Bonchev–Trinajstić information content (AvgIpc) is 2.63. The third-order valence-corrected chi connectivity index (χ3v) is 3.08. The van der Waals surface area contributed by atoms with Gasteiger partial charge in [-0.05, 0) is 12.1 Å². The molecule has 0 unspecified atom stereocenters. The summed E-state index contributed by atoms with van der Waals surface area (Å²) in [7, 11) is 1.91. The molecule has 0 aliphatic rings. The second-order valence-corrected chi connectivity index (χ2v) is 4.78. The summed E-state index contributed by atoms with van der Waals surface area (Å²) in [6.07, 6.45) is 0. The minimum absolute atomic E-state index is 0.353. The molecule has 0 saturated heterocycles. The minimum atomic E-state index is -0.884. The van der Waals surface area contributed by atoms with Gasteiger partial charge in [0.15, 0.2) is 0 Å². The van der Waals surface area contributed by atoms with Crippen molar-refractivity contribution in [2.24, 2.45) is 7.05 Å². The van der Waals surface area contributed by atoms with Crippen LogP contribution >= 0.6 is 0 Å². The zero-order chi connectivity index (χ0) is 13.3. The van der Waals surface area contributed by atoms with Crippen molar-refractivity contribution in [3.63, 3.8) is 0 Å². The molecule has 96 valence electrons. The van der Waals surface area contributed by atoms with Crippen molar-refractivity contribution in [1.29, 1.82) is 0 Å². The lowest BCUT2D eigenvalue weighted by Crippen LogP contribution is -2.23. The number of carbonyl (C=O) groups is 1. The molecule has 1 aromatic carbocycles. The van der Waals surface area contributed by atoms with Crippen LogP contribution in [0.1, 0.15) is 29.9 Å². The number of hydrogen-bond acceptors (Lipinski definition) is 2. The smallest absolute Gasteiger partial charge is 0.337 e. The molecule has 2 N–H and O–H groups in total. The van der Waals surface area contributed by atoms with Crippen molar-refractivity contribution < 1.29 is 9.90 Å². The van der Waals surface area contributed by atoms with Gasteiger partial charge in [-0.15, -0.1) is 0 Å². The lowest BCUT2D eigenvalue weighted by atomic mass is 10.1. The Morgan fingerprint density at radius 3 is 2.78 bits per heavy atom. The molecular weight excluding hydrogens is 228 g/mol. The Morgan fingerprint density at radius 1 is 1.44 bits per heavy atom. The van der Waals surface area contributed by atoms with E-state index in [1.165, 1.54) is 0 Å². The molecule has 0 aliphatic carbocycles. The molecule has 4 nitrogen and oxygen atoms in total. The van der Waals surface area contributed by atoms with Gasteiger partial charge in [0.25, 0.3) is 0 Å². The van der Waals surface area contributed by atoms with E-state index >= 15 is 0 Å². The maximum atomic E-state index is 11.2. The lowest BCUT2D eigenvalue weighted by Gasteiger charge is -2.09. The predicted octanol–water partition coefficient (Wildman–Crippen LogP) is 2.37. The average molecular weight is 246 g/mol. The van der Waals surface area contributed by atoms with Crippen LogP contribution in [0.2, 0.25) is 0 Å². The molecule has 1 aromatic heterocycles. The number of carboxylic acids is 1. The topological polar surface area (TPSA) is 54.3 Å². The van der Waals surface area contributed by atoms with Gasteiger partial charge in [-0.2, -0.15) is 0 Å². The Bertz CT molecular complexity index is 585. The van der Waals surface area contributed by atoms with E-state index < -0.39 is 5.97 Å². The van der Waals surface area contributed by atoms with Gasteiger partial charge in [0.1, 0.15) is 0 Å². The predicted molar refractivity (Wildman–Crippen MR) is 71.9 cm³/mol. The number of nitrogens with one attached hydrogen (secondary N) is 1. The zero-order valence-corrected chi connectivity index (χ0v) is 10.9. The van der Waals surface area contributed by atoms with Crippen molar-refractivity contribution >= 4 is 16.9 Å². The number of para-hydroxylation sites is 1. The summed E-state index contributed by atoms with van der Waals surface area (Å²) in [5.74, 6) is -0.884. The van der Waals surface area contributed by atoms with Gasteiger partial charge in [0.05, 0.1) is 11.1 Å². The number of carboxylic acid groups (broad SMARTS) is 1. The molecule has 1 heterocycles. The van der Waals surface area contributed by atoms with Gasteiger partial charge in [0, 0.05) is 30.7 Å². The van der Waals surface area contributed by atoms with Crippen molar-refractivity contribution in [1.82, 2.24) is 9.88 Å². The summed E-state index contributed by atoms with van der Waals surface area (Å²) < 4.78 is 1.95. The van der Waals surface area contributed by atoms with Crippen LogP contribution in [0.15, 0.2) is 24.3 Å². The van der Waals surface area contributed by atoms with Crippen LogP contribution in [0, 0.1) is 0 Å². The fourth-order valence-electron chi connectivity index (χ4n) is 2.12. The van der Waals surface area contributed by atoms with Gasteiger partial charge >= 0.3 is 5.97 Å². The molecule has 0 aliphatic heterocycles. The Kier molecular flexibility index (Phi) is 3.39. The Balaban J connectivity index is 2.49. The van der Waals surface area contributed by atoms with Crippen LogP contribution in [0.5, 0.6) is 0 Å². The first-order chi connectivity index (χ1) is 8.50. The number of hydrogen-bond donors (Lipinski definition) is 2. The first-order valence-electron chi connectivity index (χ1n) is 6.04. The molecule has 0 radical (unpaired) electrons. The third kappa shape index (κ3) is 2.24. The molecule has 0 saturated carbocycles. The van der Waals surface area contributed by atoms with Gasteiger partial charge in [-0.3, -0.25) is 0 Å². The highest BCUT2D eigenvalue weighted by molar-refractivity contribution is 6.02. The zero-order valence-electron chi connectivity index (χ0n) is 10.9. The van der Waals surface area contributed by atoms with E-state index in [4.69, 9.17) is 0 Å². The van der Waals surface area contributed by atoms with E-state index in [0.29, 0.717) is 11.6 Å². The number of aromatic carboxylic acids is 1. The maximum Gasteiger partial charge on any atom is 0.337 e. The van der Waals surface area contributed by atoms with E-state index in [0.717, 1.165) is 23.1 Å².